The Morgan fingerprint density at radius 2 is 1.58 bits per heavy atom. The molecule has 0 aromatic heterocycles. The number of amides is 1. The molecule has 0 unspecified atom stereocenters. The van der Waals surface area contributed by atoms with Crippen molar-refractivity contribution >= 4 is 11.9 Å². The van der Waals surface area contributed by atoms with E-state index in [1.54, 1.807) is 12.1 Å². The summed E-state index contributed by atoms with van der Waals surface area (Å²) in [7, 11) is 0. The zero-order chi connectivity index (χ0) is 23.9. The van der Waals surface area contributed by atoms with Gasteiger partial charge in [-0.1, -0.05) is 70.8 Å². The van der Waals surface area contributed by atoms with Gasteiger partial charge in [-0.25, -0.2) is 0 Å². The van der Waals surface area contributed by atoms with Gasteiger partial charge in [0.2, 0.25) is 0 Å². The van der Waals surface area contributed by atoms with Crippen LogP contribution in [0.5, 0.6) is 11.5 Å². The van der Waals surface area contributed by atoms with Gasteiger partial charge in [0.15, 0.2) is 5.60 Å². The number of aromatic hydroxyl groups is 1. The van der Waals surface area contributed by atoms with Crippen LogP contribution in [0.25, 0.3) is 0 Å². The fourth-order valence-corrected chi connectivity index (χ4v) is 4.02. The molecule has 2 rings (SSSR count). The van der Waals surface area contributed by atoms with E-state index in [1.165, 1.54) is 37.7 Å². The highest BCUT2D eigenvalue weighted by Gasteiger charge is 2.52. The molecule has 1 aromatic rings. The first-order valence-corrected chi connectivity index (χ1v) is 12.9. The van der Waals surface area contributed by atoms with E-state index >= 15 is 0 Å². The Hall–Kier alpha value is -2.24. The van der Waals surface area contributed by atoms with Crippen LogP contribution < -0.4 is 10.5 Å². The fourth-order valence-electron chi connectivity index (χ4n) is 4.02. The predicted octanol–water partition coefficient (Wildman–Crippen LogP) is 5.97. The molecule has 6 heteroatoms. The highest BCUT2D eigenvalue weighted by molar-refractivity contribution is 5.89. The summed E-state index contributed by atoms with van der Waals surface area (Å²) in [6.45, 7) is 2.90. The first kappa shape index (κ1) is 27.0. The van der Waals surface area contributed by atoms with Gasteiger partial charge in [0.25, 0.3) is 5.91 Å². The van der Waals surface area contributed by atoms with Crippen molar-refractivity contribution in [3.05, 3.63) is 23.8 Å². The third-order valence-corrected chi connectivity index (χ3v) is 6.35. The number of benzene rings is 1. The summed E-state index contributed by atoms with van der Waals surface area (Å²) in [5.74, 6) is 0.261. The quantitative estimate of drug-likeness (QED) is 0.195. The molecule has 1 aliphatic carbocycles. The highest BCUT2D eigenvalue weighted by Crippen LogP contribution is 2.39. The molecule has 1 aromatic carbocycles. The van der Waals surface area contributed by atoms with Gasteiger partial charge in [-0.2, -0.15) is 0 Å². The van der Waals surface area contributed by atoms with Gasteiger partial charge < -0.3 is 20.3 Å². The van der Waals surface area contributed by atoms with Crippen LogP contribution >= 0.6 is 0 Å². The van der Waals surface area contributed by atoms with Crippen LogP contribution in [0.4, 0.5) is 0 Å². The van der Waals surface area contributed by atoms with Gasteiger partial charge in [-0.3, -0.25) is 9.59 Å². The molecule has 1 aliphatic rings. The number of hydrogen-bond acceptors (Lipinski definition) is 5. The van der Waals surface area contributed by atoms with E-state index in [0.29, 0.717) is 25.9 Å². The van der Waals surface area contributed by atoms with Crippen molar-refractivity contribution in [3.63, 3.8) is 0 Å². The third-order valence-electron chi connectivity index (χ3n) is 6.35. The standard InChI is InChI=1S/C27H43NO5/c1-2-3-4-11-14-22-16-17-23(29)21-24(22)32-20-13-10-8-6-5-7-9-12-15-25(30)33-27(18-19-27)26(28)31/h16-17,21,29H,2-15,18-20H2,1H3,(H2,28,31). The summed E-state index contributed by atoms with van der Waals surface area (Å²) in [5.41, 5.74) is 5.47. The lowest BCUT2D eigenvalue weighted by Crippen LogP contribution is -2.35. The molecule has 3 N–H and O–H groups in total. The molecule has 0 radical (unpaired) electrons. The van der Waals surface area contributed by atoms with E-state index in [-0.39, 0.29) is 11.7 Å². The summed E-state index contributed by atoms with van der Waals surface area (Å²) in [5, 5.41) is 9.79. The number of ether oxygens (including phenoxy) is 2. The molecule has 0 aliphatic heterocycles. The van der Waals surface area contributed by atoms with Crippen LogP contribution in [0.1, 0.15) is 109 Å². The second-order valence-corrected chi connectivity index (χ2v) is 9.36. The number of carbonyl (C=O) groups excluding carboxylic acids is 2. The third kappa shape index (κ3) is 10.5. The molecular weight excluding hydrogens is 418 g/mol. The highest BCUT2D eigenvalue weighted by atomic mass is 16.6. The molecule has 33 heavy (non-hydrogen) atoms. The Morgan fingerprint density at radius 1 is 0.939 bits per heavy atom. The van der Waals surface area contributed by atoms with Crippen molar-refractivity contribution in [1.29, 1.82) is 0 Å². The molecule has 186 valence electrons. The number of carbonyl (C=O) groups is 2. The largest absolute Gasteiger partial charge is 0.508 e. The number of phenolic OH excluding ortho intramolecular Hbond substituents is 1. The Morgan fingerprint density at radius 3 is 2.21 bits per heavy atom. The minimum absolute atomic E-state index is 0.260. The van der Waals surface area contributed by atoms with E-state index in [2.05, 4.69) is 6.92 Å². The van der Waals surface area contributed by atoms with Crippen LogP contribution in [-0.4, -0.2) is 29.2 Å². The predicted molar refractivity (Wildman–Crippen MR) is 130 cm³/mol. The summed E-state index contributed by atoms with van der Waals surface area (Å²) < 4.78 is 11.2. The lowest BCUT2D eigenvalue weighted by molar-refractivity contribution is -0.157. The first-order valence-electron chi connectivity index (χ1n) is 12.9. The zero-order valence-electron chi connectivity index (χ0n) is 20.4. The van der Waals surface area contributed by atoms with Crippen LogP contribution in [-0.2, 0) is 20.7 Å². The van der Waals surface area contributed by atoms with Crippen LogP contribution in [0, 0.1) is 0 Å². The summed E-state index contributed by atoms with van der Waals surface area (Å²) in [4.78, 5) is 23.1. The van der Waals surface area contributed by atoms with Gasteiger partial charge in [-0.15, -0.1) is 0 Å². The molecule has 6 nitrogen and oxygen atoms in total. The molecule has 1 fully saturated rings. The van der Waals surface area contributed by atoms with E-state index in [4.69, 9.17) is 15.2 Å². The van der Waals surface area contributed by atoms with Crippen LogP contribution in [0.15, 0.2) is 18.2 Å². The molecule has 1 saturated carbocycles. The van der Waals surface area contributed by atoms with Gasteiger partial charge in [0.05, 0.1) is 6.61 Å². The fraction of sp³-hybridized carbons (Fsp3) is 0.704. The Balaban J connectivity index is 1.46. The molecular formula is C27H43NO5. The molecule has 0 atom stereocenters. The number of hydrogen-bond donors (Lipinski definition) is 2. The normalized spacial score (nSPS) is 14.1. The lowest BCUT2D eigenvalue weighted by Gasteiger charge is -2.12. The van der Waals surface area contributed by atoms with Gasteiger partial charge >= 0.3 is 5.97 Å². The van der Waals surface area contributed by atoms with Crippen molar-refractivity contribution < 1.29 is 24.2 Å². The SMILES string of the molecule is CCCCCCc1ccc(O)cc1OCCCCCCCCCCC(=O)OC1(C(N)=O)CC1. The Bertz CT molecular complexity index is 729. The second-order valence-electron chi connectivity index (χ2n) is 9.36. The Kier molecular flexibility index (Phi) is 12.1. The van der Waals surface area contributed by atoms with Crippen molar-refractivity contribution in [2.45, 2.75) is 115 Å². The number of rotatable bonds is 19. The minimum Gasteiger partial charge on any atom is -0.508 e. The monoisotopic (exact) mass is 461 g/mol. The summed E-state index contributed by atoms with van der Waals surface area (Å²) in [6.07, 6.45) is 15.9. The van der Waals surface area contributed by atoms with Crippen molar-refractivity contribution in [2.75, 3.05) is 6.61 Å². The van der Waals surface area contributed by atoms with E-state index in [9.17, 15) is 14.7 Å². The minimum atomic E-state index is -0.988. The van der Waals surface area contributed by atoms with Gasteiger partial charge in [-0.05, 0) is 37.3 Å². The summed E-state index contributed by atoms with van der Waals surface area (Å²) in [6, 6.07) is 5.47. The molecule has 0 saturated heterocycles. The number of esters is 1. The van der Waals surface area contributed by atoms with Gasteiger partial charge in [0.1, 0.15) is 11.5 Å². The maximum Gasteiger partial charge on any atom is 0.306 e. The molecule has 0 spiro atoms. The van der Waals surface area contributed by atoms with Crippen molar-refractivity contribution in [1.82, 2.24) is 0 Å². The molecule has 0 heterocycles. The molecule has 0 bridgehead atoms. The average molecular weight is 462 g/mol. The summed E-state index contributed by atoms with van der Waals surface area (Å²) >= 11 is 0. The maximum absolute atomic E-state index is 11.8. The number of phenols is 1. The zero-order valence-corrected chi connectivity index (χ0v) is 20.4. The first-order chi connectivity index (χ1) is 16.0. The average Bonchev–Trinajstić information content (AvgIpc) is 3.57. The smallest absolute Gasteiger partial charge is 0.306 e. The lowest BCUT2D eigenvalue weighted by atomic mass is 10.0. The van der Waals surface area contributed by atoms with E-state index < -0.39 is 11.5 Å². The maximum atomic E-state index is 11.8. The number of unbranched alkanes of at least 4 members (excludes halogenated alkanes) is 10. The number of primary amides is 1. The van der Waals surface area contributed by atoms with Crippen molar-refractivity contribution in [3.8, 4) is 11.5 Å². The van der Waals surface area contributed by atoms with Gasteiger partial charge in [0, 0.05) is 25.3 Å². The van der Waals surface area contributed by atoms with Crippen LogP contribution in [0.2, 0.25) is 0 Å². The van der Waals surface area contributed by atoms with Crippen molar-refractivity contribution in [2.24, 2.45) is 5.73 Å². The topological polar surface area (TPSA) is 98.8 Å². The Labute approximate surface area is 199 Å². The second kappa shape index (κ2) is 14.8. The number of aryl methyl sites for hydroxylation is 1. The number of nitrogens with two attached hydrogens (primary N) is 1. The van der Waals surface area contributed by atoms with E-state index in [0.717, 1.165) is 57.1 Å². The van der Waals surface area contributed by atoms with E-state index in [1.807, 2.05) is 6.07 Å². The van der Waals surface area contributed by atoms with Crippen LogP contribution in [0.3, 0.4) is 0 Å². The molecule has 1 amide bonds.